The number of aromatic nitrogens is 2. The molecule has 2 aromatic carbocycles. The SMILES string of the molecule is CSc1ccc(CN(C)C(=O)c2cnn(-c3cccc(C(F)(F)F)c3)c2C)cc1. The minimum Gasteiger partial charge on any atom is -0.337 e. The number of carbonyl (C=O) groups is 1. The molecule has 1 heterocycles. The minimum atomic E-state index is -4.44. The van der Waals surface area contributed by atoms with Crippen LogP contribution >= 0.6 is 11.8 Å². The van der Waals surface area contributed by atoms with E-state index in [9.17, 15) is 18.0 Å². The van der Waals surface area contributed by atoms with Gasteiger partial charge in [0.25, 0.3) is 5.91 Å². The fourth-order valence-electron chi connectivity index (χ4n) is 2.98. The van der Waals surface area contributed by atoms with E-state index >= 15 is 0 Å². The van der Waals surface area contributed by atoms with Gasteiger partial charge in [0.2, 0.25) is 0 Å². The standard InChI is InChI=1S/C21H20F3N3OS/c1-14-19(20(28)26(2)13-15-7-9-18(29-3)10-8-15)12-25-27(14)17-6-4-5-16(11-17)21(22,23)24/h4-12H,13H2,1-3H3. The van der Waals surface area contributed by atoms with E-state index in [0.717, 1.165) is 22.6 Å². The zero-order chi connectivity index (χ0) is 21.2. The highest BCUT2D eigenvalue weighted by atomic mass is 32.2. The first-order valence-electron chi connectivity index (χ1n) is 8.81. The molecule has 29 heavy (non-hydrogen) atoms. The minimum absolute atomic E-state index is 0.241. The van der Waals surface area contributed by atoms with Gasteiger partial charge in [0.05, 0.1) is 28.7 Å². The van der Waals surface area contributed by atoms with Crippen LogP contribution in [-0.2, 0) is 12.7 Å². The molecule has 1 amide bonds. The molecule has 0 unspecified atom stereocenters. The van der Waals surface area contributed by atoms with Crippen molar-refractivity contribution in [1.29, 1.82) is 0 Å². The highest BCUT2D eigenvalue weighted by Gasteiger charge is 2.31. The van der Waals surface area contributed by atoms with E-state index in [4.69, 9.17) is 0 Å². The van der Waals surface area contributed by atoms with Gasteiger partial charge >= 0.3 is 6.18 Å². The largest absolute Gasteiger partial charge is 0.416 e. The molecule has 0 fully saturated rings. The molecule has 4 nitrogen and oxygen atoms in total. The first kappa shape index (κ1) is 21.0. The molecule has 0 saturated heterocycles. The van der Waals surface area contributed by atoms with Crippen molar-refractivity contribution in [3.05, 3.63) is 77.1 Å². The number of nitrogens with zero attached hydrogens (tertiary/aromatic N) is 3. The molecule has 152 valence electrons. The molecule has 0 bridgehead atoms. The van der Waals surface area contributed by atoms with Crippen LogP contribution in [-0.4, -0.2) is 33.9 Å². The van der Waals surface area contributed by atoms with Crippen molar-refractivity contribution >= 4 is 17.7 Å². The lowest BCUT2D eigenvalue weighted by molar-refractivity contribution is -0.137. The summed E-state index contributed by atoms with van der Waals surface area (Å²) in [5.74, 6) is -0.241. The summed E-state index contributed by atoms with van der Waals surface area (Å²) in [6, 6.07) is 12.8. The van der Waals surface area contributed by atoms with E-state index < -0.39 is 11.7 Å². The van der Waals surface area contributed by atoms with Crippen LogP contribution in [0.3, 0.4) is 0 Å². The first-order valence-corrected chi connectivity index (χ1v) is 10.0. The number of thioether (sulfide) groups is 1. The second kappa shape index (κ2) is 8.32. The summed E-state index contributed by atoms with van der Waals surface area (Å²) in [4.78, 5) is 15.6. The summed E-state index contributed by atoms with van der Waals surface area (Å²) in [5.41, 5.74) is 1.32. The molecule has 0 aliphatic heterocycles. The van der Waals surface area contributed by atoms with Crippen molar-refractivity contribution in [1.82, 2.24) is 14.7 Å². The summed E-state index contributed by atoms with van der Waals surface area (Å²) >= 11 is 1.64. The number of halogens is 3. The van der Waals surface area contributed by atoms with E-state index in [0.29, 0.717) is 17.8 Å². The van der Waals surface area contributed by atoms with Crippen LogP contribution in [0.1, 0.15) is 27.2 Å². The Kier molecular flexibility index (Phi) is 6.02. The molecule has 0 N–H and O–H groups in total. The Morgan fingerprint density at radius 1 is 1.17 bits per heavy atom. The molecule has 0 spiro atoms. The monoisotopic (exact) mass is 419 g/mol. The molecule has 0 aliphatic rings. The van der Waals surface area contributed by atoms with Crippen molar-refractivity contribution in [2.45, 2.75) is 24.5 Å². The van der Waals surface area contributed by atoms with Crippen LogP contribution < -0.4 is 0 Å². The lowest BCUT2D eigenvalue weighted by Gasteiger charge is -2.17. The molecule has 8 heteroatoms. The van der Waals surface area contributed by atoms with E-state index in [1.54, 1.807) is 30.6 Å². The van der Waals surface area contributed by atoms with Crippen molar-refractivity contribution in [3.8, 4) is 5.69 Å². The highest BCUT2D eigenvalue weighted by Crippen LogP contribution is 2.30. The van der Waals surface area contributed by atoms with Gasteiger partial charge in [-0.15, -0.1) is 11.8 Å². The number of amides is 1. The third-order valence-corrected chi connectivity index (χ3v) is 5.33. The van der Waals surface area contributed by atoms with Gasteiger partial charge in [-0.25, -0.2) is 4.68 Å². The van der Waals surface area contributed by atoms with Crippen LogP contribution in [0.15, 0.2) is 59.6 Å². The lowest BCUT2D eigenvalue weighted by atomic mass is 10.1. The molecule has 1 aromatic heterocycles. The van der Waals surface area contributed by atoms with Crippen molar-refractivity contribution in [2.24, 2.45) is 0 Å². The molecule has 0 saturated carbocycles. The van der Waals surface area contributed by atoms with E-state index in [2.05, 4.69) is 5.10 Å². The van der Waals surface area contributed by atoms with Gasteiger partial charge in [-0.1, -0.05) is 18.2 Å². The quantitative estimate of drug-likeness (QED) is 0.534. The van der Waals surface area contributed by atoms with Gasteiger partial charge in [0, 0.05) is 18.5 Å². The molecule has 3 aromatic rings. The zero-order valence-electron chi connectivity index (χ0n) is 16.2. The Bertz CT molecular complexity index is 1010. The molecular formula is C21H20F3N3OS. The zero-order valence-corrected chi connectivity index (χ0v) is 17.0. The highest BCUT2D eigenvalue weighted by molar-refractivity contribution is 7.98. The Labute approximate surface area is 171 Å². The third-order valence-electron chi connectivity index (χ3n) is 4.58. The number of hydrogen-bond donors (Lipinski definition) is 0. The number of rotatable bonds is 5. The maximum Gasteiger partial charge on any atom is 0.416 e. The smallest absolute Gasteiger partial charge is 0.337 e. The van der Waals surface area contributed by atoms with Crippen LogP contribution in [0, 0.1) is 6.92 Å². The number of hydrogen-bond acceptors (Lipinski definition) is 3. The normalized spacial score (nSPS) is 11.5. The summed E-state index contributed by atoms with van der Waals surface area (Å²) in [5, 5.41) is 4.14. The maximum absolute atomic E-state index is 13.0. The Hall–Kier alpha value is -2.74. The molecule has 0 atom stereocenters. The van der Waals surface area contributed by atoms with Gasteiger partial charge in [-0.3, -0.25) is 4.79 Å². The van der Waals surface area contributed by atoms with Gasteiger partial charge < -0.3 is 4.90 Å². The van der Waals surface area contributed by atoms with Crippen LogP contribution in [0.5, 0.6) is 0 Å². The second-order valence-corrected chi connectivity index (χ2v) is 7.49. The van der Waals surface area contributed by atoms with E-state index in [1.165, 1.54) is 23.0 Å². The predicted octanol–water partition coefficient (Wildman–Crippen LogP) is 5.19. The molecular weight excluding hydrogens is 399 g/mol. The average molecular weight is 419 g/mol. The van der Waals surface area contributed by atoms with Crippen molar-refractivity contribution < 1.29 is 18.0 Å². The van der Waals surface area contributed by atoms with Gasteiger partial charge in [-0.05, 0) is 49.1 Å². The summed E-state index contributed by atoms with van der Waals surface area (Å²) in [6.07, 6.45) is -1.05. The number of benzene rings is 2. The molecule has 0 aliphatic carbocycles. The molecule has 0 radical (unpaired) electrons. The third kappa shape index (κ3) is 4.64. The van der Waals surface area contributed by atoms with Gasteiger partial charge in [0.15, 0.2) is 0 Å². The fourth-order valence-corrected chi connectivity index (χ4v) is 3.38. The van der Waals surface area contributed by atoms with Crippen LogP contribution in [0.4, 0.5) is 13.2 Å². The van der Waals surface area contributed by atoms with Gasteiger partial charge in [0.1, 0.15) is 0 Å². The second-order valence-electron chi connectivity index (χ2n) is 6.61. The van der Waals surface area contributed by atoms with E-state index in [1.807, 2.05) is 30.5 Å². The van der Waals surface area contributed by atoms with Crippen molar-refractivity contribution in [2.75, 3.05) is 13.3 Å². The predicted molar refractivity (Wildman–Crippen MR) is 107 cm³/mol. The number of alkyl halides is 3. The molecule has 3 rings (SSSR count). The Morgan fingerprint density at radius 2 is 1.86 bits per heavy atom. The topological polar surface area (TPSA) is 38.1 Å². The van der Waals surface area contributed by atoms with Gasteiger partial charge in [-0.2, -0.15) is 18.3 Å². The summed E-state index contributed by atoms with van der Waals surface area (Å²) < 4.78 is 40.3. The average Bonchev–Trinajstić information content (AvgIpc) is 3.08. The van der Waals surface area contributed by atoms with E-state index in [-0.39, 0.29) is 11.6 Å². The Morgan fingerprint density at radius 3 is 2.48 bits per heavy atom. The first-order chi connectivity index (χ1) is 13.7. The fraction of sp³-hybridized carbons (Fsp3) is 0.238. The summed E-state index contributed by atoms with van der Waals surface area (Å²) in [7, 11) is 1.69. The number of carbonyl (C=O) groups excluding carboxylic acids is 1. The lowest BCUT2D eigenvalue weighted by Crippen LogP contribution is -2.26. The van der Waals surface area contributed by atoms with Crippen LogP contribution in [0.25, 0.3) is 5.69 Å². The maximum atomic E-state index is 13.0. The summed E-state index contributed by atoms with van der Waals surface area (Å²) in [6.45, 7) is 2.09. The van der Waals surface area contributed by atoms with Crippen molar-refractivity contribution in [3.63, 3.8) is 0 Å². The van der Waals surface area contributed by atoms with Crippen LogP contribution in [0.2, 0.25) is 0 Å². The Balaban J connectivity index is 1.81.